The van der Waals surface area contributed by atoms with Gasteiger partial charge in [-0.15, -0.1) is 6.58 Å². The molecule has 0 saturated carbocycles. The summed E-state index contributed by atoms with van der Waals surface area (Å²) in [5.74, 6) is 0.637. The van der Waals surface area contributed by atoms with Crippen LogP contribution < -0.4 is 0 Å². The van der Waals surface area contributed by atoms with Crippen LogP contribution in [0.5, 0.6) is 0 Å². The van der Waals surface area contributed by atoms with E-state index in [9.17, 15) is 5.21 Å². The largest absolute Gasteiger partial charge is 0.623 e. The predicted octanol–water partition coefficient (Wildman–Crippen LogP) is 2.76. The van der Waals surface area contributed by atoms with Crippen molar-refractivity contribution >= 4 is 6.21 Å². The van der Waals surface area contributed by atoms with Crippen LogP contribution in [0, 0.1) is 5.21 Å². The number of aromatic nitrogens is 2. The first-order chi connectivity index (χ1) is 9.22. The molecule has 0 fully saturated rings. The van der Waals surface area contributed by atoms with Crippen LogP contribution in [0.15, 0.2) is 55.4 Å². The summed E-state index contributed by atoms with van der Waals surface area (Å²) in [5, 5.41) is 12.1. The molecular weight excluding hydrogens is 238 g/mol. The number of hydrogen-bond donors (Lipinski definition) is 0. The zero-order valence-corrected chi connectivity index (χ0v) is 10.9. The Labute approximate surface area is 112 Å². The van der Waals surface area contributed by atoms with E-state index in [0.717, 1.165) is 10.3 Å². The van der Waals surface area contributed by atoms with Gasteiger partial charge in [0.25, 0.3) is 0 Å². The normalized spacial score (nSPS) is 13.2. The molecule has 0 aliphatic rings. The lowest BCUT2D eigenvalue weighted by Gasteiger charge is -2.12. The first kappa shape index (κ1) is 13.1. The lowest BCUT2D eigenvalue weighted by molar-refractivity contribution is -0.498. The molecule has 1 atom stereocenters. The van der Waals surface area contributed by atoms with Crippen LogP contribution >= 0.6 is 0 Å². The maximum absolute atomic E-state index is 12.1. The van der Waals surface area contributed by atoms with Gasteiger partial charge in [0.1, 0.15) is 0 Å². The first-order valence-corrected chi connectivity index (χ1v) is 6.19. The molecule has 2 aromatic rings. The fraction of sp³-hybridized carbons (Fsp3) is 0.200. The molecule has 0 amide bonds. The molecule has 1 heterocycles. The van der Waals surface area contributed by atoms with Gasteiger partial charge in [-0.2, -0.15) is 0 Å². The highest BCUT2D eigenvalue weighted by Gasteiger charge is 2.13. The van der Waals surface area contributed by atoms with E-state index < -0.39 is 0 Å². The van der Waals surface area contributed by atoms with Crippen molar-refractivity contribution in [3.8, 4) is 0 Å². The molecule has 0 aliphatic heterocycles. The van der Waals surface area contributed by atoms with Crippen molar-refractivity contribution in [2.75, 3.05) is 0 Å². The summed E-state index contributed by atoms with van der Waals surface area (Å²) in [4.78, 5) is 4.17. The fourth-order valence-corrected chi connectivity index (χ4v) is 1.85. The number of benzene rings is 1. The molecule has 4 nitrogen and oxygen atoms in total. The van der Waals surface area contributed by atoms with E-state index in [1.807, 2.05) is 48.0 Å². The molecule has 19 heavy (non-hydrogen) atoms. The van der Waals surface area contributed by atoms with Gasteiger partial charge in [-0.3, -0.25) is 0 Å². The average molecular weight is 255 g/mol. The van der Waals surface area contributed by atoms with E-state index >= 15 is 0 Å². The van der Waals surface area contributed by atoms with Gasteiger partial charge in [0.2, 0.25) is 6.21 Å². The molecule has 2 rings (SSSR count). The number of nitrogens with zero attached hydrogens (tertiary/aromatic N) is 3. The van der Waals surface area contributed by atoms with E-state index in [4.69, 9.17) is 0 Å². The minimum absolute atomic E-state index is 0.241. The number of allylic oxidation sites excluding steroid dienone is 1. The molecule has 0 unspecified atom stereocenters. The first-order valence-electron chi connectivity index (χ1n) is 6.19. The Morgan fingerprint density at radius 1 is 1.42 bits per heavy atom. The Morgan fingerprint density at radius 3 is 2.84 bits per heavy atom. The third kappa shape index (κ3) is 3.10. The van der Waals surface area contributed by atoms with Crippen LogP contribution in [-0.2, 0) is 6.54 Å². The maximum Gasteiger partial charge on any atom is 0.218 e. The molecule has 1 aromatic carbocycles. The Kier molecular flexibility index (Phi) is 4.13. The van der Waals surface area contributed by atoms with E-state index in [0.29, 0.717) is 12.4 Å². The van der Waals surface area contributed by atoms with Gasteiger partial charge in [-0.05, 0) is 0 Å². The molecular formula is C15H17N3O. The molecule has 0 aliphatic carbocycles. The second-order valence-corrected chi connectivity index (χ2v) is 4.30. The van der Waals surface area contributed by atoms with Gasteiger partial charge in [-0.25, -0.2) is 9.72 Å². The quantitative estimate of drug-likeness (QED) is 0.271. The molecule has 0 N–H and O–H groups in total. The minimum Gasteiger partial charge on any atom is -0.623 e. The Balaban J connectivity index is 2.23. The van der Waals surface area contributed by atoms with E-state index in [-0.39, 0.29) is 6.04 Å². The maximum atomic E-state index is 12.1. The fourth-order valence-electron chi connectivity index (χ4n) is 1.85. The molecule has 4 heteroatoms. The van der Waals surface area contributed by atoms with Gasteiger partial charge in [0.15, 0.2) is 11.9 Å². The van der Waals surface area contributed by atoms with Crippen molar-refractivity contribution in [2.45, 2.75) is 19.5 Å². The van der Waals surface area contributed by atoms with Crippen molar-refractivity contribution in [1.82, 2.24) is 9.55 Å². The van der Waals surface area contributed by atoms with Gasteiger partial charge in [0, 0.05) is 31.4 Å². The highest BCUT2D eigenvalue weighted by molar-refractivity contribution is 5.70. The number of imidazole rings is 1. The lowest BCUT2D eigenvalue weighted by Crippen LogP contribution is -2.14. The lowest BCUT2D eigenvalue weighted by atomic mass is 10.1. The minimum atomic E-state index is -0.241. The van der Waals surface area contributed by atoms with E-state index in [2.05, 4.69) is 11.6 Å². The summed E-state index contributed by atoms with van der Waals surface area (Å²) >= 11 is 0. The van der Waals surface area contributed by atoms with E-state index in [1.54, 1.807) is 12.3 Å². The average Bonchev–Trinajstić information content (AvgIpc) is 2.86. The summed E-state index contributed by atoms with van der Waals surface area (Å²) in [6, 6.07) is 9.44. The SMILES string of the molecule is C=CCn1ccnc1/C=[N+](\[O-])[C@H](C)c1ccccc1. The second kappa shape index (κ2) is 6.00. The van der Waals surface area contributed by atoms with Gasteiger partial charge in [0.05, 0.1) is 0 Å². The number of hydrogen-bond acceptors (Lipinski definition) is 2. The Hall–Kier alpha value is -2.36. The van der Waals surface area contributed by atoms with Crippen LogP contribution in [0.2, 0.25) is 0 Å². The van der Waals surface area contributed by atoms with Gasteiger partial charge in [-0.1, -0.05) is 36.4 Å². The van der Waals surface area contributed by atoms with Crippen LogP contribution in [-0.4, -0.2) is 20.5 Å². The highest BCUT2D eigenvalue weighted by atomic mass is 16.5. The van der Waals surface area contributed by atoms with E-state index in [1.165, 1.54) is 6.21 Å². The van der Waals surface area contributed by atoms with Gasteiger partial charge < -0.3 is 9.77 Å². The highest BCUT2D eigenvalue weighted by Crippen LogP contribution is 2.14. The summed E-state index contributed by atoms with van der Waals surface area (Å²) in [6.07, 6.45) is 6.79. The standard InChI is InChI=1S/C15H17N3O/c1-3-10-17-11-9-16-15(17)12-18(19)13(2)14-7-5-4-6-8-14/h3-9,11-13H,1,10H2,2H3/b18-12-/t13-/m1/s1. The Bertz CT molecular complexity index is 572. The molecule has 0 spiro atoms. The van der Waals surface area contributed by atoms with Crippen molar-refractivity contribution in [3.63, 3.8) is 0 Å². The Morgan fingerprint density at radius 2 is 2.16 bits per heavy atom. The van der Waals surface area contributed by atoms with Crippen LogP contribution in [0.4, 0.5) is 0 Å². The smallest absolute Gasteiger partial charge is 0.218 e. The third-order valence-corrected chi connectivity index (χ3v) is 2.98. The number of hydroxylamine groups is 1. The van der Waals surface area contributed by atoms with Crippen LogP contribution in [0.1, 0.15) is 24.4 Å². The molecule has 0 radical (unpaired) electrons. The molecule has 1 aromatic heterocycles. The number of rotatable bonds is 5. The van der Waals surface area contributed by atoms with Crippen molar-refractivity contribution < 1.29 is 4.74 Å². The monoisotopic (exact) mass is 255 g/mol. The van der Waals surface area contributed by atoms with Crippen molar-refractivity contribution in [2.24, 2.45) is 0 Å². The zero-order valence-electron chi connectivity index (χ0n) is 10.9. The molecule has 0 saturated heterocycles. The third-order valence-electron chi connectivity index (χ3n) is 2.98. The second-order valence-electron chi connectivity index (χ2n) is 4.30. The summed E-state index contributed by atoms with van der Waals surface area (Å²) in [7, 11) is 0. The molecule has 98 valence electrons. The van der Waals surface area contributed by atoms with Crippen LogP contribution in [0.3, 0.4) is 0 Å². The summed E-state index contributed by atoms with van der Waals surface area (Å²) in [6.45, 7) is 6.20. The summed E-state index contributed by atoms with van der Waals surface area (Å²) in [5.41, 5.74) is 0.982. The molecule has 0 bridgehead atoms. The van der Waals surface area contributed by atoms with Crippen molar-refractivity contribution in [1.29, 1.82) is 0 Å². The van der Waals surface area contributed by atoms with Crippen molar-refractivity contribution in [3.05, 3.63) is 72.0 Å². The predicted molar refractivity (Wildman–Crippen MR) is 76.1 cm³/mol. The van der Waals surface area contributed by atoms with Gasteiger partial charge >= 0.3 is 0 Å². The topological polar surface area (TPSA) is 43.9 Å². The summed E-state index contributed by atoms with van der Waals surface area (Å²) < 4.78 is 2.80. The van der Waals surface area contributed by atoms with Crippen LogP contribution in [0.25, 0.3) is 0 Å². The zero-order chi connectivity index (χ0) is 13.7.